The Morgan fingerprint density at radius 1 is 1.33 bits per heavy atom. The molecule has 2 aromatic rings. The maximum Gasteiger partial charge on any atom is 0.251 e. The molecule has 1 unspecified atom stereocenters. The Bertz CT molecular complexity index is 643. The molecule has 1 amide bonds. The van der Waals surface area contributed by atoms with Crippen LogP contribution in [0.25, 0.3) is 10.9 Å². The highest BCUT2D eigenvalue weighted by molar-refractivity contribution is 5.99. The van der Waals surface area contributed by atoms with Gasteiger partial charge in [-0.05, 0) is 49.9 Å². The van der Waals surface area contributed by atoms with Crippen LogP contribution in [0, 0.1) is 19.8 Å². The SMILES string of the molecule is Cc1[nH]c2ccc(C(=O)NC(CN)CC(C)C)cc2c1C. The van der Waals surface area contributed by atoms with E-state index < -0.39 is 0 Å². The second-order valence-electron chi connectivity index (χ2n) is 6.17. The van der Waals surface area contributed by atoms with Crippen molar-refractivity contribution in [2.45, 2.75) is 40.2 Å². The van der Waals surface area contributed by atoms with E-state index in [2.05, 4.69) is 31.1 Å². The number of aromatic nitrogens is 1. The fourth-order valence-electron chi connectivity index (χ4n) is 2.65. The maximum atomic E-state index is 12.4. The summed E-state index contributed by atoms with van der Waals surface area (Å²) in [4.78, 5) is 15.7. The van der Waals surface area contributed by atoms with Crippen LogP contribution >= 0.6 is 0 Å². The van der Waals surface area contributed by atoms with Crippen molar-refractivity contribution in [2.24, 2.45) is 11.7 Å². The highest BCUT2D eigenvalue weighted by Gasteiger charge is 2.15. The molecule has 4 nitrogen and oxygen atoms in total. The minimum atomic E-state index is -0.0498. The Balaban J connectivity index is 2.21. The molecular weight excluding hydrogens is 262 g/mol. The van der Waals surface area contributed by atoms with E-state index >= 15 is 0 Å². The molecule has 0 saturated heterocycles. The molecule has 21 heavy (non-hydrogen) atoms. The number of aryl methyl sites for hydroxylation is 2. The number of fused-ring (bicyclic) bond motifs is 1. The number of carbonyl (C=O) groups is 1. The summed E-state index contributed by atoms with van der Waals surface area (Å²) >= 11 is 0. The van der Waals surface area contributed by atoms with E-state index in [1.807, 2.05) is 25.1 Å². The topological polar surface area (TPSA) is 70.9 Å². The number of nitrogens with one attached hydrogen (secondary N) is 2. The van der Waals surface area contributed by atoms with Gasteiger partial charge in [0.1, 0.15) is 0 Å². The molecule has 0 aliphatic rings. The summed E-state index contributed by atoms with van der Waals surface area (Å²) in [5.74, 6) is 0.460. The van der Waals surface area contributed by atoms with Gasteiger partial charge in [-0.2, -0.15) is 0 Å². The highest BCUT2D eigenvalue weighted by atomic mass is 16.1. The van der Waals surface area contributed by atoms with Crippen LogP contribution in [0.3, 0.4) is 0 Å². The van der Waals surface area contributed by atoms with Crippen molar-refractivity contribution >= 4 is 16.8 Å². The number of hydrogen-bond acceptors (Lipinski definition) is 2. The third kappa shape index (κ3) is 3.45. The monoisotopic (exact) mass is 287 g/mol. The molecule has 1 heterocycles. The Morgan fingerprint density at radius 2 is 2.05 bits per heavy atom. The van der Waals surface area contributed by atoms with Crippen LogP contribution in [0.15, 0.2) is 18.2 Å². The van der Waals surface area contributed by atoms with Gasteiger partial charge in [-0.15, -0.1) is 0 Å². The molecule has 0 radical (unpaired) electrons. The Kier molecular flexibility index (Phi) is 4.68. The molecule has 114 valence electrons. The van der Waals surface area contributed by atoms with Gasteiger partial charge in [-0.1, -0.05) is 13.8 Å². The van der Waals surface area contributed by atoms with Crippen molar-refractivity contribution in [2.75, 3.05) is 6.54 Å². The van der Waals surface area contributed by atoms with E-state index in [1.165, 1.54) is 5.56 Å². The second kappa shape index (κ2) is 6.31. The zero-order valence-electron chi connectivity index (χ0n) is 13.3. The van der Waals surface area contributed by atoms with E-state index in [1.54, 1.807) is 0 Å². The van der Waals surface area contributed by atoms with Gasteiger partial charge in [0.05, 0.1) is 0 Å². The summed E-state index contributed by atoms with van der Waals surface area (Å²) in [6.45, 7) is 8.84. The summed E-state index contributed by atoms with van der Waals surface area (Å²) in [6.07, 6.45) is 0.896. The van der Waals surface area contributed by atoms with Gasteiger partial charge in [0.2, 0.25) is 0 Å². The van der Waals surface area contributed by atoms with Gasteiger partial charge in [0, 0.05) is 34.7 Å². The van der Waals surface area contributed by atoms with Crippen LogP contribution in [-0.2, 0) is 0 Å². The van der Waals surface area contributed by atoms with Gasteiger partial charge < -0.3 is 16.0 Å². The third-order valence-electron chi connectivity index (χ3n) is 3.95. The molecule has 1 aromatic carbocycles. The first-order chi connectivity index (χ1) is 9.92. The quantitative estimate of drug-likeness (QED) is 0.791. The van der Waals surface area contributed by atoms with E-state index in [0.29, 0.717) is 18.0 Å². The van der Waals surface area contributed by atoms with Crippen molar-refractivity contribution in [1.82, 2.24) is 10.3 Å². The summed E-state index contributed by atoms with van der Waals surface area (Å²) in [6, 6.07) is 5.80. The first kappa shape index (κ1) is 15.6. The number of amides is 1. The number of rotatable bonds is 5. The smallest absolute Gasteiger partial charge is 0.251 e. The molecular formula is C17H25N3O. The number of nitrogens with two attached hydrogens (primary N) is 1. The van der Waals surface area contributed by atoms with E-state index in [4.69, 9.17) is 5.73 Å². The zero-order chi connectivity index (χ0) is 15.6. The van der Waals surface area contributed by atoms with Crippen LogP contribution in [-0.4, -0.2) is 23.5 Å². The first-order valence-corrected chi connectivity index (χ1v) is 7.52. The third-order valence-corrected chi connectivity index (χ3v) is 3.95. The summed E-state index contributed by atoms with van der Waals surface area (Å²) < 4.78 is 0. The minimum absolute atomic E-state index is 0.0299. The van der Waals surface area contributed by atoms with Gasteiger partial charge in [-0.25, -0.2) is 0 Å². The van der Waals surface area contributed by atoms with Crippen molar-refractivity contribution < 1.29 is 4.79 Å². The fraction of sp³-hybridized carbons (Fsp3) is 0.471. The fourth-order valence-corrected chi connectivity index (χ4v) is 2.65. The Morgan fingerprint density at radius 3 is 2.67 bits per heavy atom. The molecule has 0 saturated carbocycles. The Hall–Kier alpha value is -1.81. The summed E-state index contributed by atoms with van der Waals surface area (Å²) in [5, 5.41) is 4.14. The predicted molar refractivity (Wildman–Crippen MR) is 87.5 cm³/mol. The molecule has 0 spiro atoms. The number of hydrogen-bond donors (Lipinski definition) is 3. The van der Waals surface area contributed by atoms with Gasteiger partial charge in [0.25, 0.3) is 5.91 Å². The molecule has 0 bridgehead atoms. The number of benzene rings is 1. The average molecular weight is 287 g/mol. The number of carbonyl (C=O) groups excluding carboxylic acids is 1. The molecule has 1 atom stereocenters. The standard InChI is InChI=1S/C17H25N3O/c1-10(2)7-14(9-18)20-17(21)13-5-6-16-15(8-13)11(3)12(4)19-16/h5-6,8,10,14,19H,7,9,18H2,1-4H3,(H,20,21). The van der Waals surface area contributed by atoms with Crippen LogP contribution in [0.4, 0.5) is 0 Å². The van der Waals surface area contributed by atoms with Gasteiger partial charge in [0.15, 0.2) is 0 Å². The van der Waals surface area contributed by atoms with Gasteiger partial charge in [-0.3, -0.25) is 4.79 Å². The largest absolute Gasteiger partial charge is 0.358 e. The van der Waals surface area contributed by atoms with Crippen LogP contribution < -0.4 is 11.1 Å². The second-order valence-corrected chi connectivity index (χ2v) is 6.17. The molecule has 0 aliphatic carbocycles. The lowest BCUT2D eigenvalue weighted by Crippen LogP contribution is -2.41. The zero-order valence-corrected chi connectivity index (χ0v) is 13.3. The van der Waals surface area contributed by atoms with Crippen molar-refractivity contribution in [3.63, 3.8) is 0 Å². The molecule has 4 heteroatoms. The lowest BCUT2D eigenvalue weighted by atomic mass is 10.0. The molecule has 0 aliphatic heterocycles. The van der Waals surface area contributed by atoms with Gasteiger partial charge >= 0.3 is 0 Å². The van der Waals surface area contributed by atoms with Crippen molar-refractivity contribution in [3.05, 3.63) is 35.0 Å². The highest BCUT2D eigenvalue weighted by Crippen LogP contribution is 2.22. The molecule has 1 aromatic heterocycles. The summed E-state index contributed by atoms with van der Waals surface area (Å²) in [7, 11) is 0. The summed E-state index contributed by atoms with van der Waals surface area (Å²) in [5.41, 5.74) is 9.83. The molecule has 0 fully saturated rings. The molecule has 4 N–H and O–H groups in total. The Labute approximate surface area is 126 Å². The van der Waals surface area contributed by atoms with E-state index in [-0.39, 0.29) is 11.9 Å². The van der Waals surface area contributed by atoms with Crippen LogP contribution in [0.2, 0.25) is 0 Å². The van der Waals surface area contributed by atoms with Crippen LogP contribution in [0.5, 0.6) is 0 Å². The lowest BCUT2D eigenvalue weighted by Gasteiger charge is -2.18. The predicted octanol–water partition coefficient (Wildman–Crippen LogP) is 2.89. The number of aromatic amines is 1. The van der Waals surface area contributed by atoms with E-state index in [0.717, 1.165) is 23.0 Å². The van der Waals surface area contributed by atoms with Crippen LogP contribution in [0.1, 0.15) is 41.9 Å². The lowest BCUT2D eigenvalue weighted by molar-refractivity contribution is 0.0934. The molecule has 2 rings (SSSR count). The number of H-pyrrole nitrogens is 1. The first-order valence-electron chi connectivity index (χ1n) is 7.52. The normalized spacial score (nSPS) is 12.9. The van der Waals surface area contributed by atoms with E-state index in [9.17, 15) is 4.79 Å². The van der Waals surface area contributed by atoms with Crippen molar-refractivity contribution in [3.8, 4) is 0 Å². The maximum absolute atomic E-state index is 12.4. The average Bonchev–Trinajstić information content (AvgIpc) is 2.72. The minimum Gasteiger partial charge on any atom is -0.358 e. The van der Waals surface area contributed by atoms with Crippen molar-refractivity contribution in [1.29, 1.82) is 0 Å².